The lowest BCUT2D eigenvalue weighted by Gasteiger charge is -2.14. The van der Waals surface area contributed by atoms with Gasteiger partial charge in [-0.15, -0.1) is 0 Å². The Bertz CT molecular complexity index is 1110. The van der Waals surface area contributed by atoms with E-state index in [9.17, 15) is 18.0 Å². The third-order valence-corrected chi connectivity index (χ3v) is 5.10. The molecule has 1 heterocycles. The number of carbonyl (C=O) groups excluding carboxylic acids is 1. The first-order valence-corrected chi connectivity index (χ1v) is 9.64. The minimum atomic E-state index is -2.84. The maximum Gasteiger partial charge on any atom is 0.264 e. The Labute approximate surface area is 182 Å². The van der Waals surface area contributed by atoms with Crippen LogP contribution in [-0.4, -0.2) is 12.1 Å². The van der Waals surface area contributed by atoms with Crippen LogP contribution in [0, 0.1) is 17.1 Å². The number of halogens is 5. The third kappa shape index (κ3) is 4.83. The van der Waals surface area contributed by atoms with E-state index in [1.165, 1.54) is 18.2 Å². The number of hydrogen-bond acceptors (Lipinski definition) is 4. The molecule has 0 fully saturated rings. The summed E-state index contributed by atoms with van der Waals surface area (Å²) in [5, 5.41) is 11.5. The van der Waals surface area contributed by atoms with Crippen molar-refractivity contribution in [3.8, 4) is 17.6 Å². The van der Waals surface area contributed by atoms with E-state index in [0.717, 1.165) is 12.1 Å². The number of rotatable bonds is 6. The quantitative estimate of drug-likeness (QED) is 0.513. The predicted molar refractivity (Wildman–Crippen MR) is 109 cm³/mol. The fraction of sp³-hybridized carbons (Fsp3) is 0.150. The fourth-order valence-electron chi connectivity index (χ4n) is 2.64. The molecule has 0 saturated carbocycles. The number of carbonyl (C=O) groups is 1. The first-order valence-electron chi connectivity index (χ1n) is 8.47. The normalized spacial score (nSPS) is 13.0. The van der Waals surface area contributed by atoms with Crippen molar-refractivity contribution in [1.82, 2.24) is 5.32 Å². The molecule has 154 valence electrons. The molecule has 1 N–H and O–H groups in total. The molecule has 0 aromatic heterocycles. The zero-order valence-corrected chi connectivity index (χ0v) is 17.4. The highest BCUT2D eigenvalue weighted by Gasteiger charge is 2.20. The van der Waals surface area contributed by atoms with Gasteiger partial charge in [-0.05, 0) is 40.2 Å². The summed E-state index contributed by atoms with van der Waals surface area (Å²) in [5.41, 5.74) is -0.0281. The molecule has 1 aliphatic rings. The smallest absolute Gasteiger partial charge is 0.264 e. The van der Waals surface area contributed by atoms with Crippen LogP contribution in [0.1, 0.15) is 29.5 Å². The van der Waals surface area contributed by atoms with E-state index in [4.69, 9.17) is 21.6 Å². The van der Waals surface area contributed by atoms with Crippen molar-refractivity contribution < 1.29 is 22.7 Å². The molecule has 0 spiro atoms. The number of amides is 1. The van der Waals surface area contributed by atoms with E-state index >= 15 is 0 Å². The van der Waals surface area contributed by atoms with Gasteiger partial charge in [-0.3, -0.25) is 9.79 Å². The number of aliphatic imine (C=N–C) groups is 1. The van der Waals surface area contributed by atoms with Gasteiger partial charge in [-0.2, -0.15) is 5.26 Å². The van der Waals surface area contributed by atoms with Crippen molar-refractivity contribution in [2.24, 2.45) is 4.99 Å². The van der Waals surface area contributed by atoms with Gasteiger partial charge in [0, 0.05) is 30.3 Å². The molecular weight excluding hydrogens is 487 g/mol. The van der Waals surface area contributed by atoms with Gasteiger partial charge in [0.2, 0.25) is 0 Å². The minimum absolute atomic E-state index is 0.0691. The Kier molecular flexibility index (Phi) is 6.80. The number of ether oxygens (including phenoxy) is 1. The molecule has 0 aliphatic carbocycles. The first-order chi connectivity index (χ1) is 14.3. The predicted octanol–water partition coefficient (Wildman–Crippen LogP) is 5.78. The Morgan fingerprint density at radius 1 is 1.37 bits per heavy atom. The summed E-state index contributed by atoms with van der Waals surface area (Å²) in [5.74, 6) is -1.84. The Morgan fingerprint density at radius 2 is 2.13 bits per heavy atom. The van der Waals surface area contributed by atoms with E-state index < -0.39 is 29.5 Å². The molecule has 30 heavy (non-hydrogen) atoms. The van der Waals surface area contributed by atoms with Crippen LogP contribution in [0.15, 0.2) is 45.5 Å². The van der Waals surface area contributed by atoms with Crippen LogP contribution in [0.2, 0.25) is 5.02 Å². The lowest BCUT2D eigenvalue weighted by atomic mass is 10.1. The van der Waals surface area contributed by atoms with Gasteiger partial charge in [0.1, 0.15) is 10.4 Å². The second-order valence-electron chi connectivity index (χ2n) is 6.12. The largest absolute Gasteiger partial charge is 0.453 e. The SMILES string of the molecule is N#Cc1cc(Oc2c(Cl)ccc(CNC(=O)C3=C(Br)N=CC3)c2F)cc(C(F)F)c1. The lowest BCUT2D eigenvalue weighted by Crippen LogP contribution is -2.25. The third-order valence-electron chi connectivity index (χ3n) is 4.12. The van der Waals surface area contributed by atoms with Crippen LogP contribution in [0.25, 0.3) is 0 Å². The van der Waals surface area contributed by atoms with Crippen molar-refractivity contribution in [3.63, 3.8) is 0 Å². The number of nitrogens with one attached hydrogen (secondary N) is 1. The molecule has 0 bridgehead atoms. The van der Waals surface area contributed by atoms with Gasteiger partial charge < -0.3 is 10.1 Å². The second-order valence-corrected chi connectivity index (χ2v) is 7.28. The first kappa shape index (κ1) is 21.9. The van der Waals surface area contributed by atoms with Gasteiger partial charge in [0.15, 0.2) is 11.6 Å². The van der Waals surface area contributed by atoms with Crippen molar-refractivity contribution >= 4 is 39.7 Å². The highest BCUT2D eigenvalue weighted by Crippen LogP contribution is 2.36. The number of alkyl halides is 2. The molecule has 5 nitrogen and oxygen atoms in total. The zero-order chi connectivity index (χ0) is 21.8. The summed E-state index contributed by atoms with van der Waals surface area (Å²) in [6, 6.07) is 7.68. The second kappa shape index (κ2) is 9.32. The molecule has 1 aliphatic heterocycles. The molecule has 2 aromatic rings. The summed E-state index contributed by atoms with van der Waals surface area (Å²) in [4.78, 5) is 16.1. The number of nitrogens with zero attached hydrogens (tertiary/aromatic N) is 2. The van der Waals surface area contributed by atoms with E-state index in [0.29, 0.717) is 16.6 Å². The Balaban J connectivity index is 1.83. The van der Waals surface area contributed by atoms with Crippen molar-refractivity contribution in [1.29, 1.82) is 5.26 Å². The topological polar surface area (TPSA) is 74.5 Å². The highest BCUT2D eigenvalue weighted by molar-refractivity contribution is 9.11. The standard InChI is InChI=1S/C20H12BrClF3N3O2/c21-18-14(3-4-27-18)20(29)28-9-11-1-2-15(22)17(16(11)23)30-13-6-10(8-26)5-12(7-13)19(24)25/h1-2,4-7,19H,3,9H2,(H,28,29). The van der Waals surface area contributed by atoms with Gasteiger partial charge >= 0.3 is 0 Å². The molecule has 0 atom stereocenters. The van der Waals surface area contributed by atoms with Gasteiger partial charge in [0.25, 0.3) is 12.3 Å². The Morgan fingerprint density at radius 3 is 2.77 bits per heavy atom. The van der Waals surface area contributed by atoms with E-state index in [1.54, 1.807) is 12.3 Å². The van der Waals surface area contributed by atoms with Crippen LogP contribution in [-0.2, 0) is 11.3 Å². The van der Waals surface area contributed by atoms with Gasteiger partial charge in [-0.25, -0.2) is 13.2 Å². The lowest BCUT2D eigenvalue weighted by molar-refractivity contribution is -0.117. The highest BCUT2D eigenvalue weighted by atomic mass is 79.9. The molecule has 0 unspecified atom stereocenters. The van der Waals surface area contributed by atoms with Crippen LogP contribution in [0.5, 0.6) is 11.5 Å². The van der Waals surface area contributed by atoms with Gasteiger partial charge in [0.05, 0.1) is 22.2 Å². The molecule has 0 radical (unpaired) electrons. The van der Waals surface area contributed by atoms with Crippen LogP contribution in [0.4, 0.5) is 13.2 Å². The molecule has 1 amide bonds. The van der Waals surface area contributed by atoms with Crippen LogP contribution < -0.4 is 10.1 Å². The molecule has 3 rings (SSSR count). The van der Waals surface area contributed by atoms with Crippen molar-refractivity contribution in [2.45, 2.75) is 19.4 Å². The van der Waals surface area contributed by atoms with E-state index in [2.05, 4.69) is 26.2 Å². The van der Waals surface area contributed by atoms with Crippen molar-refractivity contribution in [2.75, 3.05) is 0 Å². The summed E-state index contributed by atoms with van der Waals surface area (Å²) in [6.07, 6.45) is -0.918. The average molecular weight is 499 g/mol. The van der Waals surface area contributed by atoms with E-state index in [-0.39, 0.29) is 28.4 Å². The summed E-state index contributed by atoms with van der Waals surface area (Å²) >= 11 is 9.18. The van der Waals surface area contributed by atoms with Crippen LogP contribution in [0.3, 0.4) is 0 Å². The van der Waals surface area contributed by atoms with Crippen molar-refractivity contribution in [3.05, 3.63) is 68.0 Å². The number of hydrogen-bond donors (Lipinski definition) is 1. The van der Waals surface area contributed by atoms with Gasteiger partial charge in [-0.1, -0.05) is 17.7 Å². The summed E-state index contributed by atoms with van der Waals surface area (Å²) in [6.45, 7) is -0.164. The number of benzene rings is 2. The minimum Gasteiger partial charge on any atom is -0.453 e. The molecule has 2 aromatic carbocycles. The fourth-order valence-corrected chi connectivity index (χ4v) is 3.31. The molecule has 10 heteroatoms. The maximum absolute atomic E-state index is 14.9. The summed E-state index contributed by atoms with van der Waals surface area (Å²) in [7, 11) is 0. The van der Waals surface area contributed by atoms with E-state index in [1.807, 2.05) is 0 Å². The van der Waals surface area contributed by atoms with Crippen LogP contribution >= 0.6 is 27.5 Å². The maximum atomic E-state index is 14.9. The Hall–Kier alpha value is -2.83. The molecular formula is C20H12BrClF3N3O2. The number of nitriles is 1. The zero-order valence-electron chi connectivity index (χ0n) is 15.1. The summed E-state index contributed by atoms with van der Waals surface area (Å²) < 4.78 is 46.8. The monoisotopic (exact) mass is 497 g/mol. The molecule has 0 saturated heterocycles. The average Bonchev–Trinajstić information content (AvgIpc) is 3.16.